The lowest BCUT2D eigenvalue weighted by Crippen LogP contribution is -1.96. The lowest BCUT2D eigenvalue weighted by molar-refractivity contribution is 0.669. The zero-order valence-electron chi connectivity index (χ0n) is 26.5. The molecule has 0 saturated carbocycles. The van der Waals surface area contributed by atoms with Crippen LogP contribution in [0, 0.1) is 0 Å². The zero-order chi connectivity index (χ0) is 32.1. The van der Waals surface area contributed by atoms with Gasteiger partial charge in [-0.3, -0.25) is 0 Å². The Morgan fingerprint density at radius 3 is 1.86 bits per heavy atom. The number of fused-ring (bicyclic) bond motifs is 11. The topological polar surface area (TPSA) is 23.0 Å². The van der Waals surface area contributed by atoms with Gasteiger partial charge in [0.2, 0.25) is 0 Å². The van der Waals surface area contributed by atoms with E-state index < -0.39 is 0 Å². The van der Waals surface area contributed by atoms with Crippen molar-refractivity contribution < 1.29 is 4.42 Å². The molecule has 11 rings (SSSR count). The van der Waals surface area contributed by atoms with Gasteiger partial charge in [0.25, 0.3) is 0 Å². The Morgan fingerprint density at radius 1 is 0.367 bits per heavy atom. The molecule has 0 unspecified atom stereocenters. The summed E-state index contributed by atoms with van der Waals surface area (Å²) in [4.78, 5) is 0. The highest BCUT2D eigenvalue weighted by Gasteiger charge is 2.23. The van der Waals surface area contributed by atoms with Crippen LogP contribution in [0.2, 0.25) is 0 Å². The lowest BCUT2D eigenvalue weighted by atomic mass is 10.0. The van der Waals surface area contributed by atoms with E-state index in [2.05, 4.69) is 179 Å². The minimum Gasteiger partial charge on any atom is -0.456 e. The third kappa shape index (κ3) is 3.73. The van der Waals surface area contributed by atoms with Crippen LogP contribution in [0.1, 0.15) is 0 Å². The highest BCUT2D eigenvalue weighted by molar-refractivity contribution is 6.27. The summed E-state index contributed by atoms with van der Waals surface area (Å²) in [5.74, 6) is 0. The predicted octanol–water partition coefficient (Wildman–Crippen LogP) is 12.6. The van der Waals surface area contributed by atoms with Gasteiger partial charge in [-0.2, -0.15) is 0 Å². The normalized spacial score (nSPS) is 12.1. The smallest absolute Gasteiger partial charge is 0.137 e. The highest BCUT2D eigenvalue weighted by Crippen LogP contribution is 2.44. The van der Waals surface area contributed by atoms with Crippen LogP contribution in [-0.4, -0.2) is 9.13 Å². The predicted molar refractivity (Wildman–Crippen MR) is 205 cm³/mol. The number of benzene rings is 8. The molecule has 0 atom stereocenters. The molecular formula is C46H28N2O. The molecule has 49 heavy (non-hydrogen) atoms. The van der Waals surface area contributed by atoms with Crippen molar-refractivity contribution in [1.29, 1.82) is 0 Å². The second kappa shape index (κ2) is 9.96. The molecule has 0 N–H and O–H groups in total. The largest absolute Gasteiger partial charge is 0.456 e. The maximum atomic E-state index is 6.57. The van der Waals surface area contributed by atoms with Crippen molar-refractivity contribution >= 4 is 76.3 Å². The monoisotopic (exact) mass is 624 g/mol. The van der Waals surface area contributed by atoms with Crippen LogP contribution in [0.25, 0.3) is 98.8 Å². The van der Waals surface area contributed by atoms with Crippen LogP contribution >= 0.6 is 0 Å². The van der Waals surface area contributed by atoms with Gasteiger partial charge in [-0.15, -0.1) is 0 Å². The van der Waals surface area contributed by atoms with Crippen molar-refractivity contribution in [1.82, 2.24) is 9.13 Å². The van der Waals surface area contributed by atoms with Gasteiger partial charge in [0.15, 0.2) is 0 Å². The van der Waals surface area contributed by atoms with Crippen molar-refractivity contribution in [2.45, 2.75) is 0 Å². The summed E-state index contributed by atoms with van der Waals surface area (Å²) in [5, 5.41) is 9.59. The SMILES string of the molecule is c1ccc(-c2ccc(-n3c4ccccc4c4c3ccc3c5ccccc5n(-c5cccc6oc7cc8ccccc8cc7c56)c34)cc2)cc1. The molecule has 3 heterocycles. The summed E-state index contributed by atoms with van der Waals surface area (Å²) in [5.41, 5.74) is 11.2. The molecule has 0 aliphatic heterocycles. The summed E-state index contributed by atoms with van der Waals surface area (Å²) >= 11 is 0. The van der Waals surface area contributed by atoms with Crippen LogP contribution in [-0.2, 0) is 0 Å². The van der Waals surface area contributed by atoms with Gasteiger partial charge in [0.05, 0.1) is 33.1 Å². The third-order valence-corrected chi connectivity index (χ3v) is 10.3. The second-order valence-electron chi connectivity index (χ2n) is 12.9. The Kier molecular flexibility index (Phi) is 5.38. The quantitative estimate of drug-likeness (QED) is 0.192. The van der Waals surface area contributed by atoms with E-state index in [0.29, 0.717) is 0 Å². The first-order valence-corrected chi connectivity index (χ1v) is 16.8. The van der Waals surface area contributed by atoms with E-state index in [4.69, 9.17) is 4.42 Å². The summed E-state index contributed by atoms with van der Waals surface area (Å²) in [6, 6.07) is 61.2. The molecule has 3 heteroatoms. The minimum atomic E-state index is 0.891. The first kappa shape index (κ1) is 26.5. The van der Waals surface area contributed by atoms with Crippen molar-refractivity contribution in [2.75, 3.05) is 0 Å². The van der Waals surface area contributed by atoms with Crippen LogP contribution in [0.4, 0.5) is 0 Å². The Hall–Kier alpha value is -6.58. The molecule has 0 aliphatic rings. The minimum absolute atomic E-state index is 0.891. The summed E-state index contributed by atoms with van der Waals surface area (Å²) < 4.78 is 11.5. The molecule has 0 radical (unpaired) electrons. The van der Waals surface area contributed by atoms with E-state index in [1.54, 1.807) is 0 Å². The van der Waals surface area contributed by atoms with Crippen molar-refractivity contribution in [3.05, 3.63) is 170 Å². The fourth-order valence-electron chi connectivity index (χ4n) is 8.15. The molecule has 11 aromatic rings. The molecule has 0 saturated heterocycles. The van der Waals surface area contributed by atoms with Gasteiger partial charge < -0.3 is 13.6 Å². The van der Waals surface area contributed by atoms with E-state index in [1.807, 2.05) is 0 Å². The molecule has 0 amide bonds. The van der Waals surface area contributed by atoms with E-state index in [9.17, 15) is 0 Å². The van der Waals surface area contributed by atoms with E-state index in [-0.39, 0.29) is 0 Å². The standard InChI is InChI=1S/C46H28N2O/c1-2-11-29(12-3-1)30-21-23-33(24-22-30)47-39-18-9-7-16-36(39)45-41(47)26-25-35-34-15-6-8-17-38(34)48(46(35)45)40-19-10-20-42-44(40)37-27-31-13-4-5-14-32(31)28-43(37)49-42/h1-28H. The highest BCUT2D eigenvalue weighted by atomic mass is 16.3. The van der Waals surface area contributed by atoms with Crippen molar-refractivity contribution in [3.8, 4) is 22.5 Å². The molecule has 0 aliphatic carbocycles. The van der Waals surface area contributed by atoms with Gasteiger partial charge >= 0.3 is 0 Å². The van der Waals surface area contributed by atoms with Crippen LogP contribution in [0.15, 0.2) is 174 Å². The number of hydrogen-bond acceptors (Lipinski definition) is 1. The van der Waals surface area contributed by atoms with E-state index >= 15 is 0 Å². The fraction of sp³-hybridized carbons (Fsp3) is 0. The number of rotatable bonds is 3. The number of para-hydroxylation sites is 2. The lowest BCUT2D eigenvalue weighted by Gasteiger charge is -2.12. The molecule has 3 aromatic heterocycles. The number of nitrogens with zero attached hydrogens (tertiary/aromatic N) is 2. The molecule has 3 nitrogen and oxygen atoms in total. The van der Waals surface area contributed by atoms with Gasteiger partial charge in [0.1, 0.15) is 11.2 Å². The molecule has 0 bridgehead atoms. The third-order valence-electron chi connectivity index (χ3n) is 10.3. The molecule has 228 valence electrons. The zero-order valence-corrected chi connectivity index (χ0v) is 26.5. The second-order valence-corrected chi connectivity index (χ2v) is 12.9. The first-order chi connectivity index (χ1) is 24.3. The molecule has 0 spiro atoms. The van der Waals surface area contributed by atoms with Gasteiger partial charge in [-0.25, -0.2) is 0 Å². The Bertz CT molecular complexity index is 3090. The van der Waals surface area contributed by atoms with Crippen LogP contribution in [0.5, 0.6) is 0 Å². The first-order valence-electron chi connectivity index (χ1n) is 16.8. The van der Waals surface area contributed by atoms with Crippen LogP contribution in [0.3, 0.4) is 0 Å². The Labute approximate surface area is 281 Å². The average molecular weight is 625 g/mol. The summed E-state index contributed by atoms with van der Waals surface area (Å²) in [7, 11) is 0. The molecule has 8 aromatic carbocycles. The number of furan rings is 1. The summed E-state index contributed by atoms with van der Waals surface area (Å²) in [6.45, 7) is 0. The van der Waals surface area contributed by atoms with Gasteiger partial charge in [-0.1, -0.05) is 115 Å². The van der Waals surface area contributed by atoms with E-state index in [1.165, 1.54) is 65.5 Å². The van der Waals surface area contributed by atoms with Crippen LogP contribution < -0.4 is 0 Å². The van der Waals surface area contributed by atoms with E-state index in [0.717, 1.165) is 33.3 Å². The summed E-state index contributed by atoms with van der Waals surface area (Å²) in [6.07, 6.45) is 0. The average Bonchev–Trinajstić information content (AvgIpc) is 3.81. The van der Waals surface area contributed by atoms with Gasteiger partial charge in [-0.05, 0) is 76.5 Å². The number of hydrogen-bond donors (Lipinski definition) is 0. The molecule has 0 fully saturated rings. The van der Waals surface area contributed by atoms with Crippen molar-refractivity contribution in [3.63, 3.8) is 0 Å². The molecular weight excluding hydrogens is 597 g/mol. The van der Waals surface area contributed by atoms with Gasteiger partial charge in [0, 0.05) is 32.6 Å². The Balaban J connectivity index is 1.26. The fourth-order valence-corrected chi connectivity index (χ4v) is 8.15. The number of aromatic nitrogens is 2. The maximum absolute atomic E-state index is 6.57. The Morgan fingerprint density at radius 2 is 1.04 bits per heavy atom. The maximum Gasteiger partial charge on any atom is 0.137 e. The van der Waals surface area contributed by atoms with Crippen molar-refractivity contribution in [2.24, 2.45) is 0 Å².